The minimum atomic E-state index is -1.56. The van der Waals surface area contributed by atoms with E-state index in [1.807, 2.05) is 0 Å². The number of carboxylic acid groups (broad SMARTS) is 1. The minimum absolute atomic E-state index is 0. The van der Waals surface area contributed by atoms with Crippen LogP contribution in [0, 0.1) is 5.82 Å². The third-order valence-electron chi connectivity index (χ3n) is 3.90. The molecule has 2 saturated heterocycles. The Morgan fingerprint density at radius 3 is 2.86 bits per heavy atom. The molecule has 2 unspecified atom stereocenters. The van der Waals surface area contributed by atoms with Crippen LogP contribution in [0.15, 0.2) is 24.3 Å². The molecule has 1 aromatic carbocycles. The molecule has 3 atom stereocenters. The molecule has 2 aliphatic heterocycles. The van der Waals surface area contributed by atoms with E-state index in [-0.39, 0.29) is 58.4 Å². The molecule has 1 N–H and O–H groups in total. The van der Waals surface area contributed by atoms with Crippen LogP contribution in [0.25, 0.3) is 0 Å². The number of fused-ring (bicyclic) bond motifs is 1. The van der Waals surface area contributed by atoms with Crippen LogP contribution >= 0.6 is 11.8 Å². The topological polar surface area (TPSA) is 66.8 Å². The van der Waals surface area contributed by atoms with Crippen molar-refractivity contribution in [3.05, 3.63) is 30.1 Å². The molecule has 2 aliphatic rings. The monoisotopic (exact) mass is 335 g/mol. The van der Waals surface area contributed by atoms with Crippen LogP contribution in [-0.2, 0) is 9.59 Å². The van der Waals surface area contributed by atoms with E-state index in [1.54, 1.807) is 6.92 Å². The van der Waals surface area contributed by atoms with Crippen molar-refractivity contribution in [1.82, 2.24) is 4.90 Å². The van der Waals surface area contributed by atoms with Crippen molar-refractivity contribution in [2.75, 3.05) is 6.54 Å². The van der Waals surface area contributed by atoms with E-state index >= 15 is 0 Å². The zero-order valence-electron chi connectivity index (χ0n) is 11.3. The second kappa shape index (κ2) is 6.39. The Kier molecular flexibility index (Phi) is 5.11. The second-order valence-electron chi connectivity index (χ2n) is 5.21. The molecule has 0 bridgehead atoms. The van der Waals surface area contributed by atoms with Crippen LogP contribution in [0.1, 0.15) is 13.3 Å². The van der Waals surface area contributed by atoms with Crippen LogP contribution in [0.2, 0.25) is 0 Å². The quantitative estimate of drug-likeness (QED) is 0.661. The average molecular weight is 335 g/mol. The third-order valence-corrected chi connectivity index (χ3v) is 5.42. The van der Waals surface area contributed by atoms with Crippen molar-refractivity contribution in [2.24, 2.45) is 0 Å². The summed E-state index contributed by atoms with van der Waals surface area (Å²) in [6.07, 6.45) is 0.435. The van der Waals surface area contributed by atoms with E-state index in [0.717, 1.165) is 6.07 Å². The first-order valence-electron chi connectivity index (χ1n) is 6.55. The predicted octanol–water partition coefficient (Wildman–Crippen LogP) is 1.07. The van der Waals surface area contributed by atoms with Gasteiger partial charge in [0.1, 0.15) is 11.6 Å². The van der Waals surface area contributed by atoms with E-state index in [2.05, 4.69) is 0 Å². The normalized spacial score (nSPS) is 29.9. The number of carbonyl (C=O) groups excluding carboxylic acids is 1. The number of carbonyl (C=O) groups is 2. The fourth-order valence-electron chi connectivity index (χ4n) is 2.60. The van der Waals surface area contributed by atoms with Gasteiger partial charge in [-0.2, -0.15) is 0 Å². The average Bonchev–Trinajstić information content (AvgIpc) is 2.41. The number of hydrogen-bond donors (Lipinski definition) is 1. The number of hydrogen-bond acceptors (Lipinski definition) is 4. The Bertz CT molecular complexity index is 616. The molecule has 3 rings (SSSR count). The predicted molar refractivity (Wildman–Crippen MR) is 81.7 cm³/mol. The third kappa shape index (κ3) is 2.87. The fraction of sp³-hybridized carbons (Fsp3) is 0.429. The van der Waals surface area contributed by atoms with Crippen molar-refractivity contribution in [3.8, 4) is 5.75 Å². The number of β-lactam (4-membered cyclic amide) rings is 1. The first kappa shape index (κ1) is 17.6. The molecule has 8 heteroatoms. The molecule has 0 aromatic heterocycles. The van der Waals surface area contributed by atoms with Crippen molar-refractivity contribution in [2.45, 2.75) is 29.6 Å². The first-order chi connectivity index (χ1) is 9.92. The van der Waals surface area contributed by atoms with Gasteiger partial charge < -0.3 is 14.7 Å². The van der Waals surface area contributed by atoms with E-state index in [4.69, 9.17) is 4.74 Å². The fourth-order valence-corrected chi connectivity index (χ4v) is 4.10. The molecule has 5 nitrogen and oxygen atoms in total. The summed E-state index contributed by atoms with van der Waals surface area (Å²) in [5.41, 5.74) is -1.56. The Hall–Kier alpha value is -0.760. The van der Waals surface area contributed by atoms with Crippen molar-refractivity contribution >= 4 is 53.2 Å². The van der Waals surface area contributed by atoms with Gasteiger partial charge in [-0.1, -0.05) is 6.07 Å². The first-order valence-corrected chi connectivity index (χ1v) is 7.49. The standard InChI is InChI=1S/C14H14FNO4S.Na.H/c1-8-14(13(18)19,7-16-11(17)6-12(16)21-8)20-10-4-2-3-9(15)5-10;;/h2-5,8,12H,6-7H2,1H3,(H,18,19);;/t8?,12-,14?;;/m1../s1. The maximum absolute atomic E-state index is 13.3. The van der Waals surface area contributed by atoms with Crippen LogP contribution in [0.3, 0.4) is 0 Å². The Morgan fingerprint density at radius 2 is 2.27 bits per heavy atom. The number of thioether (sulfide) groups is 1. The molecule has 0 radical (unpaired) electrons. The SMILES string of the molecule is CC1S[C@@H]2CC(=O)N2CC1(Oc1cccc(F)c1)C(=O)O.[NaH]. The Morgan fingerprint density at radius 1 is 1.55 bits per heavy atom. The summed E-state index contributed by atoms with van der Waals surface area (Å²) in [6, 6.07) is 5.37. The van der Waals surface area contributed by atoms with E-state index in [9.17, 15) is 19.1 Å². The van der Waals surface area contributed by atoms with Gasteiger partial charge in [0, 0.05) is 6.07 Å². The number of amides is 1. The van der Waals surface area contributed by atoms with Gasteiger partial charge in [0.05, 0.1) is 23.6 Å². The van der Waals surface area contributed by atoms with Gasteiger partial charge in [0.15, 0.2) is 0 Å². The molecule has 114 valence electrons. The van der Waals surface area contributed by atoms with Gasteiger partial charge >= 0.3 is 35.5 Å². The molecule has 2 fully saturated rings. The van der Waals surface area contributed by atoms with Gasteiger partial charge in [-0.3, -0.25) is 4.79 Å². The molecule has 1 amide bonds. The van der Waals surface area contributed by atoms with Crippen molar-refractivity contribution < 1.29 is 23.8 Å². The summed E-state index contributed by atoms with van der Waals surface area (Å²) in [4.78, 5) is 24.9. The molecule has 0 aliphatic carbocycles. The molecule has 0 saturated carbocycles. The van der Waals surface area contributed by atoms with E-state index < -0.39 is 17.4 Å². The van der Waals surface area contributed by atoms with Gasteiger partial charge in [0.2, 0.25) is 11.5 Å². The zero-order chi connectivity index (χ0) is 15.2. The maximum atomic E-state index is 13.3. The number of carboxylic acids is 1. The van der Waals surface area contributed by atoms with Crippen molar-refractivity contribution in [3.63, 3.8) is 0 Å². The number of ether oxygens (including phenoxy) is 1. The van der Waals surface area contributed by atoms with E-state index in [0.29, 0.717) is 6.42 Å². The Labute approximate surface area is 153 Å². The molecule has 1 aromatic rings. The number of rotatable bonds is 3. The number of halogens is 1. The Balaban J connectivity index is 0.00000176. The summed E-state index contributed by atoms with van der Waals surface area (Å²) < 4.78 is 18.9. The number of aliphatic carboxylic acids is 1. The zero-order valence-corrected chi connectivity index (χ0v) is 12.1. The molecule has 22 heavy (non-hydrogen) atoms. The number of benzene rings is 1. The van der Waals surface area contributed by atoms with Crippen molar-refractivity contribution in [1.29, 1.82) is 0 Å². The molecular formula is C14H15FNNaO4S. The van der Waals surface area contributed by atoms with Gasteiger partial charge in [0.25, 0.3) is 0 Å². The van der Waals surface area contributed by atoms with Crippen LogP contribution in [0.5, 0.6) is 5.75 Å². The molecule has 0 spiro atoms. The van der Waals surface area contributed by atoms with Crippen LogP contribution < -0.4 is 4.74 Å². The summed E-state index contributed by atoms with van der Waals surface area (Å²) in [5, 5.41) is 9.30. The van der Waals surface area contributed by atoms with Crippen LogP contribution in [-0.4, -0.2) is 74.2 Å². The molecular weight excluding hydrogens is 320 g/mol. The van der Waals surface area contributed by atoms with Gasteiger partial charge in [-0.25, -0.2) is 9.18 Å². The number of nitrogens with zero attached hydrogens (tertiary/aromatic N) is 1. The summed E-state index contributed by atoms with van der Waals surface area (Å²) in [7, 11) is 0. The molecule has 2 heterocycles. The summed E-state index contributed by atoms with van der Waals surface area (Å²) >= 11 is 1.40. The van der Waals surface area contributed by atoms with Crippen LogP contribution in [0.4, 0.5) is 4.39 Å². The second-order valence-corrected chi connectivity index (χ2v) is 6.74. The summed E-state index contributed by atoms with van der Waals surface area (Å²) in [6.45, 7) is 1.74. The summed E-state index contributed by atoms with van der Waals surface area (Å²) in [5.74, 6) is -1.57. The van der Waals surface area contributed by atoms with E-state index in [1.165, 1.54) is 34.9 Å². The van der Waals surface area contributed by atoms with Gasteiger partial charge in [-0.05, 0) is 19.1 Å². The van der Waals surface area contributed by atoms with Gasteiger partial charge in [-0.15, -0.1) is 11.8 Å².